The van der Waals surface area contributed by atoms with Crippen molar-refractivity contribution < 1.29 is 14.3 Å². The van der Waals surface area contributed by atoms with Crippen LogP contribution in [0.15, 0.2) is 36.4 Å². The third-order valence-corrected chi connectivity index (χ3v) is 6.04. The van der Waals surface area contributed by atoms with Gasteiger partial charge in [0.25, 0.3) is 0 Å². The van der Waals surface area contributed by atoms with Gasteiger partial charge in [-0.25, -0.2) is 4.79 Å². The summed E-state index contributed by atoms with van der Waals surface area (Å²) in [5.41, 5.74) is 0.843. The second-order valence-corrected chi connectivity index (χ2v) is 9.37. The Morgan fingerprint density at radius 3 is 2.38 bits per heavy atom. The first-order valence-corrected chi connectivity index (χ1v) is 10.6. The molecule has 5 nitrogen and oxygen atoms in total. The molecule has 2 atom stereocenters. The number of carbonyl (C=O) groups is 1. The number of nitrogens with one attached hydrogen (secondary N) is 1. The van der Waals surface area contributed by atoms with Crippen molar-refractivity contribution in [3.05, 3.63) is 42.0 Å². The predicted octanol–water partition coefficient (Wildman–Crippen LogP) is 4.87. The number of amides is 1. The summed E-state index contributed by atoms with van der Waals surface area (Å²) in [7, 11) is 1.70. The molecule has 0 spiro atoms. The summed E-state index contributed by atoms with van der Waals surface area (Å²) in [4.78, 5) is 14.6. The Labute approximate surface area is 173 Å². The average molecular weight is 397 g/mol. The highest BCUT2D eigenvalue weighted by Crippen LogP contribution is 2.37. The van der Waals surface area contributed by atoms with E-state index in [1.54, 1.807) is 7.11 Å². The fraction of sp³-hybridized carbons (Fsp3) is 0.542. The van der Waals surface area contributed by atoms with E-state index in [0.717, 1.165) is 38.0 Å². The number of hydrogen-bond donors (Lipinski definition) is 1. The number of nitrogens with zero attached hydrogens (tertiary/aromatic N) is 1. The van der Waals surface area contributed by atoms with Crippen molar-refractivity contribution in [2.75, 3.05) is 7.11 Å². The topological polar surface area (TPSA) is 50.8 Å². The van der Waals surface area contributed by atoms with Crippen LogP contribution in [0.1, 0.15) is 52.0 Å². The highest BCUT2D eigenvalue weighted by Gasteiger charge is 2.44. The molecule has 156 valence electrons. The summed E-state index contributed by atoms with van der Waals surface area (Å²) in [5, 5.41) is 6.15. The molecule has 2 saturated heterocycles. The van der Waals surface area contributed by atoms with Crippen molar-refractivity contribution in [2.24, 2.45) is 0 Å². The summed E-state index contributed by atoms with van der Waals surface area (Å²) in [6.07, 6.45) is 4.02. The van der Waals surface area contributed by atoms with E-state index in [0.29, 0.717) is 18.1 Å². The van der Waals surface area contributed by atoms with Gasteiger partial charge in [-0.05, 0) is 81.0 Å². The molecule has 2 aliphatic rings. The molecule has 0 radical (unpaired) electrons. The molecule has 29 heavy (non-hydrogen) atoms. The van der Waals surface area contributed by atoms with Gasteiger partial charge in [-0.3, -0.25) is 0 Å². The standard InChI is InChI=1S/C24H32N2O3/c1-24(2,3)29-23(27)26-20-8-9-21(26)14-19(13-20)25-15-16-5-6-18-12-22(28-4)10-7-17(18)11-16/h5-7,10-12,19-21,25H,8-9,13-15H2,1-4H3. The second kappa shape index (κ2) is 7.86. The largest absolute Gasteiger partial charge is 0.497 e. The van der Waals surface area contributed by atoms with Gasteiger partial charge < -0.3 is 19.7 Å². The molecule has 2 fully saturated rings. The number of methoxy groups -OCH3 is 1. The Bertz CT molecular complexity index is 875. The number of hydrogen-bond acceptors (Lipinski definition) is 4. The van der Waals surface area contributed by atoms with Crippen LogP contribution in [0.2, 0.25) is 0 Å². The van der Waals surface area contributed by atoms with Gasteiger partial charge in [0.2, 0.25) is 0 Å². The van der Waals surface area contributed by atoms with Crippen molar-refractivity contribution in [1.82, 2.24) is 10.2 Å². The number of carbonyl (C=O) groups excluding carboxylic acids is 1. The average Bonchev–Trinajstić information content (AvgIpc) is 2.95. The van der Waals surface area contributed by atoms with E-state index < -0.39 is 5.60 Å². The monoisotopic (exact) mass is 396 g/mol. The summed E-state index contributed by atoms with van der Waals surface area (Å²) in [6.45, 7) is 6.64. The van der Waals surface area contributed by atoms with Crippen LogP contribution in [0.4, 0.5) is 4.79 Å². The maximum Gasteiger partial charge on any atom is 0.410 e. The first kappa shape index (κ1) is 20.0. The number of ether oxygens (including phenoxy) is 2. The van der Waals surface area contributed by atoms with E-state index in [9.17, 15) is 4.79 Å². The Balaban J connectivity index is 1.36. The van der Waals surface area contributed by atoms with Gasteiger partial charge >= 0.3 is 6.09 Å². The normalized spacial score (nSPS) is 24.0. The van der Waals surface area contributed by atoms with E-state index in [1.807, 2.05) is 31.7 Å². The maximum atomic E-state index is 12.6. The molecule has 1 N–H and O–H groups in total. The summed E-state index contributed by atoms with van der Waals surface area (Å²) in [5.74, 6) is 0.885. The van der Waals surface area contributed by atoms with E-state index >= 15 is 0 Å². The minimum Gasteiger partial charge on any atom is -0.497 e. The molecule has 2 aromatic carbocycles. The lowest BCUT2D eigenvalue weighted by Crippen LogP contribution is -2.52. The van der Waals surface area contributed by atoms with Crippen molar-refractivity contribution in [1.29, 1.82) is 0 Å². The van der Waals surface area contributed by atoms with Crippen LogP contribution in [-0.4, -0.2) is 41.8 Å². The summed E-state index contributed by atoms with van der Waals surface area (Å²) >= 11 is 0. The van der Waals surface area contributed by atoms with Crippen LogP contribution < -0.4 is 10.1 Å². The van der Waals surface area contributed by atoms with Gasteiger partial charge in [0.1, 0.15) is 11.4 Å². The molecule has 0 saturated carbocycles. The molecule has 2 bridgehead atoms. The first-order valence-electron chi connectivity index (χ1n) is 10.6. The second-order valence-electron chi connectivity index (χ2n) is 9.37. The van der Waals surface area contributed by atoms with Crippen molar-refractivity contribution in [3.8, 4) is 5.75 Å². The summed E-state index contributed by atoms with van der Waals surface area (Å²) < 4.78 is 10.9. The van der Waals surface area contributed by atoms with Crippen LogP contribution >= 0.6 is 0 Å². The predicted molar refractivity (Wildman–Crippen MR) is 115 cm³/mol. The molecule has 2 unspecified atom stereocenters. The highest BCUT2D eigenvalue weighted by atomic mass is 16.6. The molecule has 0 aromatic heterocycles. The van der Waals surface area contributed by atoms with Gasteiger partial charge in [0, 0.05) is 24.7 Å². The first-order chi connectivity index (χ1) is 13.8. The molecule has 2 heterocycles. The third-order valence-electron chi connectivity index (χ3n) is 6.04. The van der Waals surface area contributed by atoms with Crippen molar-refractivity contribution >= 4 is 16.9 Å². The minimum atomic E-state index is -0.439. The van der Waals surface area contributed by atoms with Crippen molar-refractivity contribution in [3.63, 3.8) is 0 Å². The number of fused-ring (bicyclic) bond motifs is 3. The summed E-state index contributed by atoms with van der Waals surface area (Å²) in [6, 6.07) is 13.8. The third kappa shape index (κ3) is 4.50. The Kier molecular flexibility index (Phi) is 5.43. The molecule has 0 aliphatic carbocycles. The smallest absolute Gasteiger partial charge is 0.410 e. The van der Waals surface area contributed by atoms with Gasteiger partial charge in [0.05, 0.1) is 7.11 Å². The highest BCUT2D eigenvalue weighted by molar-refractivity contribution is 5.84. The maximum absolute atomic E-state index is 12.6. The van der Waals surface area contributed by atoms with E-state index in [4.69, 9.17) is 9.47 Å². The van der Waals surface area contributed by atoms with Gasteiger partial charge in [-0.1, -0.05) is 18.2 Å². The molecular formula is C24H32N2O3. The Morgan fingerprint density at radius 2 is 1.72 bits per heavy atom. The van der Waals surface area contributed by atoms with Crippen LogP contribution in [0, 0.1) is 0 Å². The quantitative estimate of drug-likeness (QED) is 0.801. The molecule has 4 rings (SSSR count). The Hall–Kier alpha value is -2.27. The zero-order chi connectivity index (χ0) is 20.6. The van der Waals surface area contributed by atoms with E-state index in [2.05, 4.69) is 35.6 Å². The number of piperidine rings is 1. The van der Waals surface area contributed by atoms with Gasteiger partial charge in [-0.2, -0.15) is 0 Å². The van der Waals surface area contributed by atoms with E-state index in [-0.39, 0.29) is 6.09 Å². The molecule has 1 amide bonds. The molecule has 2 aliphatic heterocycles. The Morgan fingerprint density at radius 1 is 1.07 bits per heavy atom. The van der Waals surface area contributed by atoms with Gasteiger partial charge in [-0.15, -0.1) is 0 Å². The van der Waals surface area contributed by atoms with E-state index in [1.165, 1.54) is 16.3 Å². The fourth-order valence-corrected chi connectivity index (χ4v) is 4.73. The van der Waals surface area contributed by atoms with Crippen LogP contribution in [0.5, 0.6) is 5.75 Å². The molecular weight excluding hydrogens is 364 g/mol. The van der Waals surface area contributed by atoms with Gasteiger partial charge in [0.15, 0.2) is 0 Å². The van der Waals surface area contributed by atoms with Crippen LogP contribution in [-0.2, 0) is 11.3 Å². The van der Waals surface area contributed by atoms with Crippen LogP contribution in [0.3, 0.4) is 0 Å². The number of benzene rings is 2. The SMILES string of the molecule is COc1ccc2cc(CNC3CC4CCC(C3)N4C(=O)OC(C)(C)C)ccc2c1. The minimum absolute atomic E-state index is 0.145. The number of rotatable bonds is 4. The molecule has 2 aromatic rings. The van der Waals surface area contributed by atoms with Crippen LogP contribution in [0.25, 0.3) is 10.8 Å². The lowest BCUT2D eigenvalue weighted by molar-refractivity contribution is 0.00466. The lowest BCUT2D eigenvalue weighted by Gasteiger charge is -2.39. The zero-order valence-electron chi connectivity index (χ0n) is 17.9. The van der Waals surface area contributed by atoms with Crippen molar-refractivity contribution in [2.45, 2.75) is 76.7 Å². The fourth-order valence-electron chi connectivity index (χ4n) is 4.73. The lowest BCUT2D eigenvalue weighted by atomic mass is 9.97. The zero-order valence-corrected chi connectivity index (χ0v) is 17.9. The molecule has 5 heteroatoms.